The maximum absolute atomic E-state index is 12.4. The topological polar surface area (TPSA) is 72.1 Å². The van der Waals surface area contributed by atoms with Crippen molar-refractivity contribution in [1.29, 1.82) is 0 Å². The number of nitrogens with zero attached hydrogens (tertiary/aromatic N) is 3. The third-order valence-corrected chi connectivity index (χ3v) is 2.12. The molecule has 0 aromatic carbocycles. The highest BCUT2D eigenvalue weighted by Gasteiger charge is 2.35. The molecule has 1 heterocycles. The lowest BCUT2D eigenvalue weighted by Crippen LogP contribution is -2.43. The molecule has 0 saturated heterocycles. The molecule has 0 aliphatic rings. The summed E-state index contributed by atoms with van der Waals surface area (Å²) < 4.78 is 37.1. The van der Waals surface area contributed by atoms with E-state index in [4.69, 9.17) is 5.73 Å². The van der Waals surface area contributed by atoms with Crippen molar-refractivity contribution < 1.29 is 18.0 Å². The average molecular weight is 262 g/mol. The number of carbonyl (C=O) groups excluding carboxylic acids is 1. The minimum absolute atomic E-state index is 0.0958. The Morgan fingerprint density at radius 2 is 2.00 bits per heavy atom. The molecule has 0 saturated carbocycles. The lowest BCUT2D eigenvalue weighted by atomic mass is 10.2. The van der Waals surface area contributed by atoms with Gasteiger partial charge in [0.1, 0.15) is 18.1 Å². The summed E-state index contributed by atoms with van der Waals surface area (Å²) in [5.74, 6) is -0.728. The molecule has 100 valence electrons. The standard InChI is InChI=1S/C10H13F3N4O/c1-6(2)17(5-10(11,12)13)9(18)7-3-16-8(14)4-15-7/h3-4,6H,5H2,1-2H3,(H2,14,16). The number of rotatable bonds is 3. The second-order valence-electron chi connectivity index (χ2n) is 3.97. The number of alkyl halides is 3. The maximum atomic E-state index is 12.4. The molecular formula is C10H13F3N4O. The van der Waals surface area contributed by atoms with E-state index in [2.05, 4.69) is 9.97 Å². The number of aromatic nitrogens is 2. The van der Waals surface area contributed by atoms with Crippen LogP contribution in [-0.2, 0) is 0 Å². The molecule has 1 rings (SSSR count). The Bertz CT molecular complexity index is 416. The fraction of sp³-hybridized carbons (Fsp3) is 0.500. The highest BCUT2D eigenvalue weighted by atomic mass is 19.4. The number of hydrogen-bond acceptors (Lipinski definition) is 4. The van der Waals surface area contributed by atoms with Gasteiger partial charge in [-0.1, -0.05) is 0 Å². The molecule has 0 spiro atoms. The number of halogens is 3. The van der Waals surface area contributed by atoms with Gasteiger partial charge < -0.3 is 10.6 Å². The summed E-state index contributed by atoms with van der Waals surface area (Å²) in [7, 11) is 0. The number of amides is 1. The van der Waals surface area contributed by atoms with Crippen molar-refractivity contribution in [2.75, 3.05) is 12.3 Å². The lowest BCUT2D eigenvalue weighted by Gasteiger charge is -2.27. The van der Waals surface area contributed by atoms with Crippen LogP contribution in [0.4, 0.5) is 19.0 Å². The van der Waals surface area contributed by atoms with Crippen LogP contribution in [0.5, 0.6) is 0 Å². The van der Waals surface area contributed by atoms with Crippen molar-refractivity contribution in [3.05, 3.63) is 18.1 Å². The van der Waals surface area contributed by atoms with Crippen LogP contribution >= 0.6 is 0 Å². The maximum Gasteiger partial charge on any atom is 0.406 e. The molecular weight excluding hydrogens is 249 g/mol. The Morgan fingerprint density at radius 3 is 2.39 bits per heavy atom. The van der Waals surface area contributed by atoms with Crippen molar-refractivity contribution in [3.8, 4) is 0 Å². The highest BCUT2D eigenvalue weighted by molar-refractivity contribution is 5.92. The summed E-state index contributed by atoms with van der Waals surface area (Å²) in [6.45, 7) is 1.66. The van der Waals surface area contributed by atoms with E-state index in [9.17, 15) is 18.0 Å². The van der Waals surface area contributed by atoms with Crippen LogP contribution in [0.25, 0.3) is 0 Å². The predicted molar refractivity (Wildman–Crippen MR) is 58.7 cm³/mol. The van der Waals surface area contributed by atoms with Crippen molar-refractivity contribution in [2.45, 2.75) is 26.1 Å². The third kappa shape index (κ3) is 3.86. The normalized spacial score (nSPS) is 11.7. The van der Waals surface area contributed by atoms with Crippen molar-refractivity contribution >= 4 is 11.7 Å². The second-order valence-corrected chi connectivity index (χ2v) is 3.97. The van der Waals surface area contributed by atoms with E-state index in [1.807, 2.05) is 0 Å². The molecule has 8 heteroatoms. The summed E-state index contributed by atoms with van der Waals surface area (Å²) in [4.78, 5) is 19.8. The van der Waals surface area contributed by atoms with E-state index < -0.39 is 24.7 Å². The number of carbonyl (C=O) groups is 1. The van der Waals surface area contributed by atoms with Gasteiger partial charge >= 0.3 is 6.18 Å². The minimum atomic E-state index is -4.46. The molecule has 0 unspecified atom stereocenters. The first-order valence-electron chi connectivity index (χ1n) is 5.16. The summed E-state index contributed by atoms with van der Waals surface area (Å²) >= 11 is 0. The Hall–Kier alpha value is -1.86. The molecule has 0 aliphatic carbocycles. The smallest absolute Gasteiger partial charge is 0.382 e. The molecule has 5 nitrogen and oxygen atoms in total. The van der Waals surface area contributed by atoms with Crippen molar-refractivity contribution in [2.24, 2.45) is 0 Å². The number of nitrogens with two attached hydrogens (primary N) is 1. The van der Waals surface area contributed by atoms with Crippen LogP contribution in [0.3, 0.4) is 0 Å². The summed E-state index contributed by atoms with van der Waals surface area (Å²) in [6.07, 6.45) is -2.27. The molecule has 0 atom stereocenters. The summed E-state index contributed by atoms with van der Waals surface area (Å²) in [5.41, 5.74) is 5.12. The van der Waals surface area contributed by atoms with Crippen LogP contribution in [0.2, 0.25) is 0 Å². The van der Waals surface area contributed by atoms with Gasteiger partial charge in [-0.05, 0) is 13.8 Å². The molecule has 1 amide bonds. The zero-order chi connectivity index (χ0) is 13.9. The first-order valence-corrected chi connectivity index (χ1v) is 5.16. The summed E-state index contributed by atoms with van der Waals surface area (Å²) in [5, 5.41) is 0. The Balaban J connectivity index is 2.93. The fourth-order valence-corrected chi connectivity index (χ4v) is 1.28. The Labute approximate surface area is 102 Å². The SMILES string of the molecule is CC(C)N(CC(F)(F)F)C(=O)c1cnc(N)cn1. The van der Waals surface area contributed by atoms with Gasteiger partial charge in [0.05, 0.1) is 12.4 Å². The highest BCUT2D eigenvalue weighted by Crippen LogP contribution is 2.19. The molecule has 2 N–H and O–H groups in total. The van der Waals surface area contributed by atoms with Gasteiger partial charge in [0.15, 0.2) is 0 Å². The van der Waals surface area contributed by atoms with Crippen molar-refractivity contribution in [1.82, 2.24) is 14.9 Å². The fourth-order valence-electron chi connectivity index (χ4n) is 1.28. The third-order valence-electron chi connectivity index (χ3n) is 2.12. The van der Waals surface area contributed by atoms with Gasteiger partial charge in [-0.2, -0.15) is 13.2 Å². The predicted octanol–water partition coefficient (Wildman–Crippen LogP) is 1.47. The number of nitrogen functional groups attached to an aromatic ring is 1. The van der Waals surface area contributed by atoms with Crippen molar-refractivity contribution in [3.63, 3.8) is 0 Å². The Morgan fingerprint density at radius 1 is 1.39 bits per heavy atom. The second kappa shape index (κ2) is 5.19. The number of hydrogen-bond donors (Lipinski definition) is 1. The molecule has 0 fully saturated rings. The van der Waals surface area contributed by atoms with Gasteiger partial charge in [0.2, 0.25) is 0 Å². The van der Waals surface area contributed by atoms with Crippen LogP contribution in [0.1, 0.15) is 24.3 Å². The quantitative estimate of drug-likeness (QED) is 0.895. The van der Waals surface area contributed by atoms with Gasteiger partial charge in [-0.25, -0.2) is 9.97 Å². The van der Waals surface area contributed by atoms with E-state index in [0.717, 1.165) is 12.4 Å². The van der Waals surface area contributed by atoms with Gasteiger partial charge in [0, 0.05) is 6.04 Å². The number of anilines is 1. The van der Waals surface area contributed by atoms with Crippen LogP contribution in [0.15, 0.2) is 12.4 Å². The zero-order valence-corrected chi connectivity index (χ0v) is 9.90. The molecule has 0 aliphatic heterocycles. The van der Waals surface area contributed by atoms with E-state index in [1.54, 1.807) is 0 Å². The Kier molecular flexibility index (Phi) is 4.10. The van der Waals surface area contributed by atoms with Crippen LogP contribution < -0.4 is 5.73 Å². The average Bonchev–Trinajstić information content (AvgIpc) is 2.24. The van der Waals surface area contributed by atoms with Gasteiger partial charge in [0.25, 0.3) is 5.91 Å². The monoisotopic (exact) mass is 262 g/mol. The van der Waals surface area contributed by atoms with E-state index >= 15 is 0 Å². The van der Waals surface area contributed by atoms with E-state index in [1.165, 1.54) is 13.8 Å². The lowest BCUT2D eigenvalue weighted by molar-refractivity contribution is -0.143. The van der Waals surface area contributed by atoms with Gasteiger partial charge in [-0.15, -0.1) is 0 Å². The van der Waals surface area contributed by atoms with Gasteiger partial charge in [-0.3, -0.25) is 4.79 Å². The first kappa shape index (κ1) is 14.2. The zero-order valence-electron chi connectivity index (χ0n) is 9.90. The molecule has 1 aromatic rings. The van der Waals surface area contributed by atoms with Crippen LogP contribution in [-0.4, -0.2) is 39.5 Å². The van der Waals surface area contributed by atoms with E-state index in [-0.39, 0.29) is 11.5 Å². The molecule has 0 bridgehead atoms. The minimum Gasteiger partial charge on any atom is -0.382 e. The molecule has 1 aromatic heterocycles. The molecule has 0 radical (unpaired) electrons. The van der Waals surface area contributed by atoms with E-state index in [0.29, 0.717) is 4.90 Å². The largest absolute Gasteiger partial charge is 0.406 e. The summed E-state index contributed by atoms with van der Waals surface area (Å²) in [6, 6.07) is -0.599. The molecule has 18 heavy (non-hydrogen) atoms. The van der Waals surface area contributed by atoms with Crippen LogP contribution in [0, 0.1) is 0 Å². The first-order chi connectivity index (χ1) is 8.20.